The van der Waals surface area contributed by atoms with Gasteiger partial charge in [0.05, 0.1) is 11.3 Å². The van der Waals surface area contributed by atoms with E-state index in [0.717, 1.165) is 12.1 Å². The highest BCUT2D eigenvalue weighted by Gasteiger charge is 2.33. The molecule has 0 unspecified atom stereocenters. The van der Waals surface area contributed by atoms with Crippen LogP contribution in [0.25, 0.3) is 0 Å². The summed E-state index contributed by atoms with van der Waals surface area (Å²) in [5, 5.41) is 0. The van der Waals surface area contributed by atoms with Crippen LogP contribution >= 0.6 is 0 Å². The summed E-state index contributed by atoms with van der Waals surface area (Å²) in [7, 11) is 0. The third-order valence-electron chi connectivity index (χ3n) is 2.84. The van der Waals surface area contributed by atoms with E-state index in [1.807, 2.05) is 0 Å². The lowest BCUT2D eigenvalue weighted by Gasteiger charge is -2.10. The van der Waals surface area contributed by atoms with Gasteiger partial charge in [-0.2, -0.15) is 13.2 Å². The van der Waals surface area contributed by atoms with Crippen molar-refractivity contribution in [1.82, 2.24) is 0 Å². The van der Waals surface area contributed by atoms with Crippen LogP contribution in [-0.2, 0) is 6.18 Å². The Morgan fingerprint density at radius 2 is 1.62 bits per heavy atom. The Kier molecular flexibility index (Phi) is 4.06. The summed E-state index contributed by atoms with van der Waals surface area (Å²) in [6.07, 6.45) is -4.57. The first-order valence-corrected chi connectivity index (χ1v) is 5.96. The number of hydrogen-bond acceptors (Lipinski definition) is 1. The molecule has 21 heavy (non-hydrogen) atoms. The van der Waals surface area contributed by atoms with Crippen molar-refractivity contribution in [2.75, 3.05) is 0 Å². The molecule has 2 aromatic rings. The average Bonchev–Trinajstić information content (AvgIpc) is 2.41. The van der Waals surface area contributed by atoms with Crippen LogP contribution in [0.2, 0.25) is 0 Å². The van der Waals surface area contributed by atoms with Gasteiger partial charge >= 0.3 is 6.18 Å². The average molecular weight is 299 g/mol. The molecule has 0 aliphatic heterocycles. The molecule has 0 N–H and O–H groups in total. The lowest BCUT2D eigenvalue weighted by atomic mass is 10.1. The van der Waals surface area contributed by atoms with Crippen LogP contribution in [0.4, 0.5) is 27.6 Å². The maximum Gasteiger partial charge on any atom is 0.418 e. The van der Waals surface area contributed by atoms with Gasteiger partial charge < -0.3 is 0 Å². The van der Waals surface area contributed by atoms with Crippen LogP contribution in [0, 0.1) is 11.6 Å². The van der Waals surface area contributed by atoms with E-state index in [2.05, 4.69) is 4.99 Å². The molecule has 2 rings (SSSR count). The first kappa shape index (κ1) is 15.2. The molecule has 0 amide bonds. The number of hydrogen-bond donors (Lipinski definition) is 0. The van der Waals surface area contributed by atoms with Crippen LogP contribution in [-0.4, -0.2) is 5.71 Å². The minimum absolute atomic E-state index is 0.0382. The van der Waals surface area contributed by atoms with Crippen molar-refractivity contribution < 1.29 is 22.0 Å². The molecule has 0 aromatic heterocycles. The van der Waals surface area contributed by atoms with E-state index in [9.17, 15) is 22.0 Å². The Bertz CT molecular complexity index is 689. The number of aliphatic imine (C=N–C) groups is 1. The van der Waals surface area contributed by atoms with Gasteiger partial charge in [-0.1, -0.05) is 18.2 Å². The fraction of sp³-hybridized carbons (Fsp3) is 0.133. The minimum atomic E-state index is -4.57. The summed E-state index contributed by atoms with van der Waals surface area (Å²) in [5.74, 6) is -2.21. The van der Waals surface area contributed by atoms with E-state index >= 15 is 0 Å². The molecule has 0 fully saturated rings. The summed E-state index contributed by atoms with van der Waals surface area (Å²) >= 11 is 0. The third-order valence-corrected chi connectivity index (χ3v) is 2.84. The van der Waals surface area contributed by atoms with Gasteiger partial charge in [-0.3, -0.25) is 4.99 Å². The van der Waals surface area contributed by atoms with E-state index in [1.54, 1.807) is 0 Å². The molecule has 6 heteroatoms. The molecule has 0 saturated carbocycles. The predicted molar refractivity (Wildman–Crippen MR) is 69.7 cm³/mol. The normalized spacial score (nSPS) is 12.6. The Hall–Kier alpha value is -2.24. The molecule has 1 nitrogen and oxygen atoms in total. The van der Waals surface area contributed by atoms with Crippen molar-refractivity contribution in [3.63, 3.8) is 0 Å². The smallest absolute Gasteiger partial charge is 0.252 e. The van der Waals surface area contributed by atoms with Gasteiger partial charge in [0.1, 0.15) is 0 Å². The van der Waals surface area contributed by atoms with Gasteiger partial charge in [0.15, 0.2) is 11.6 Å². The summed E-state index contributed by atoms with van der Waals surface area (Å²) < 4.78 is 65.3. The minimum Gasteiger partial charge on any atom is -0.252 e. The highest BCUT2D eigenvalue weighted by molar-refractivity contribution is 6.00. The van der Waals surface area contributed by atoms with E-state index in [4.69, 9.17) is 0 Å². The second kappa shape index (κ2) is 5.63. The molecule has 0 radical (unpaired) electrons. The molecule has 2 aromatic carbocycles. The number of benzene rings is 2. The van der Waals surface area contributed by atoms with Crippen LogP contribution in [0.15, 0.2) is 47.5 Å². The van der Waals surface area contributed by atoms with Crippen LogP contribution in [0.1, 0.15) is 18.1 Å². The number of rotatable bonds is 2. The number of alkyl halides is 3. The quantitative estimate of drug-likeness (QED) is 0.539. The Morgan fingerprint density at radius 3 is 2.29 bits per heavy atom. The zero-order valence-electron chi connectivity index (χ0n) is 10.9. The van der Waals surface area contributed by atoms with Gasteiger partial charge in [0.25, 0.3) is 0 Å². The fourth-order valence-electron chi connectivity index (χ4n) is 1.83. The number of para-hydroxylation sites is 1. The molecule has 0 aliphatic carbocycles. The zero-order valence-corrected chi connectivity index (χ0v) is 10.9. The highest BCUT2D eigenvalue weighted by Crippen LogP contribution is 2.36. The van der Waals surface area contributed by atoms with Crippen molar-refractivity contribution >= 4 is 11.4 Å². The molecular weight excluding hydrogens is 289 g/mol. The lowest BCUT2D eigenvalue weighted by Crippen LogP contribution is -2.06. The Balaban J connectivity index is 2.52. The second-order valence-corrected chi connectivity index (χ2v) is 4.31. The summed E-state index contributed by atoms with van der Waals surface area (Å²) in [4.78, 5) is 3.79. The highest BCUT2D eigenvalue weighted by atomic mass is 19.4. The number of nitrogens with zero attached hydrogens (tertiary/aromatic N) is 1. The standard InChI is InChI=1S/C15H10F5N/c1-9(10-5-4-7-12(16)14(10)17)21-13-8-3-2-6-11(13)15(18,19)20/h2-8H,1H3. The Labute approximate surface area is 117 Å². The molecule has 0 spiro atoms. The van der Waals surface area contributed by atoms with Gasteiger partial charge in [-0.25, -0.2) is 8.78 Å². The molecule has 0 bridgehead atoms. The predicted octanol–water partition coefficient (Wildman–Crippen LogP) is 5.12. The molecule has 0 saturated heterocycles. The second-order valence-electron chi connectivity index (χ2n) is 4.31. The van der Waals surface area contributed by atoms with Crippen molar-refractivity contribution in [3.8, 4) is 0 Å². The van der Waals surface area contributed by atoms with Crippen molar-refractivity contribution in [1.29, 1.82) is 0 Å². The van der Waals surface area contributed by atoms with Crippen molar-refractivity contribution in [2.45, 2.75) is 13.1 Å². The molecule has 0 atom stereocenters. The fourth-order valence-corrected chi connectivity index (χ4v) is 1.83. The monoisotopic (exact) mass is 299 g/mol. The maximum atomic E-state index is 13.6. The van der Waals surface area contributed by atoms with Crippen LogP contribution in [0.5, 0.6) is 0 Å². The number of halogens is 5. The zero-order chi connectivity index (χ0) is 15.6. The van der Waals surface area contributed by atoms with Gasteiger partial charge in [0, 0.05) is 11.3 Å². The topological polar surface area (TPSA) is 12.4 Å². The van der Waals surface area contributed by atoms with Gasteiger partial charge in [0.2, 0.25) is 0 Å². The van der Waals surface area contributed by atoms with Crippen LogP contribution in [0.3, 0.4) is 0 Å². The molecular formula is C15H10F5N. The van der Waals surface area contributed by atoms with Gasteiger partial charge in [-0.15, -0.1) is 0 Å². The van der Waals surface area contributed by atoms with E-state index < -0.39 is 23.4 Å². The third kappa shape index (κ3) is 3.26. The first-order valence-electron chi connectivity index (χ1n) is 5.96. The van der Waals surface area contributed by atoms with E-state index in [-0.39, 0.29) is 17.0 Å². The van der Waals surface area contributed by atoms with Crippen molar-refractivity contribution in [2.24, 2.45) is 4.99 Å². The summed E-state index contributed by atoms with van der Waals surface area (Å²) in [6, 6.07) is 8.13. The maximum absolute atomic E-state index is 13.6. The summed E-state index contributed by atoms with van der Waals surface area (Å²) in [5.41, 5.74) is -1.48. The van der Waals surface area contributed by atoms with E-state index in [1.165, 1.54) is 37.3 Å². The lowest BCUT2D eigenvalue weighted by molar-refractivity contribution is -0.137. The first-order chi connectivity index (χ1) is 9.80. The SMILES string of the molecule is CC(=Nc1ccccc1C(F)(F)F)c1cccc(F)c1F. The largest absolute Gasteiger partial charge is 0.418 e. The Morgan fingerprint density at radius 1 is 0.952 bits per heavy atom. The van der Waals surface area contributed by atoms with E-state index in [0.29, 0.717) is 0 Å². The van der Waals surface area contributed by atoms with Gasteiger partial charge in [-0.05, 0) is 31.2 Å². The van der Waals surface area contributed by atoms with Crippen LogP contribution < -0.4 is 0 Å². The molecule has 0 heterocycles. The molecule has 110 valence electrons. The van der Waals surface area contributed by atoms with Crippen molar-refractivity contribution in [3.05, 3.63) is 65.2 Å². The molecule has 0 aliphatic rings. The summed E-state index contributed by atoms with van der Waals surface area (Å²) in [6.45, 7) is 1.32.